The van der Waals surface area contributed by atoms with Gasteiger partial charge in [-0.2, -0.15) is 0 Å². The summed E-state index contributed by atoms with van der Waals surface area (Å²) in [5.41, 5.74) is 1.15. The lowest BCUT2D eigenvalue weighted by atomic mass is 10.0. The van der Waals surface area contributed by atoms with Crippen LogP contribution in [0.15, 0.2) is 23.3 Å². The van der Waals surface area contributed by atoms with Gasteiger partial charge in [-0.3, -0.25) is 4.99 Å². The highest BCUT2D eigenvalue weighted by Gasteiger charge is 2.17. The van der Waals surface area contributed by atoms with Gasteiger partial charge < -0.3 is 20.3 Å². The normalized spacial score (nSPS) is 19.5. The highest BCUT2D eigenvalue weighted by atomic mass is 16.5. The van der Waals surface area contributed by atoms with Gasteiger partial charge in [-0.25, -0.2) is 4.98 Å². The second-order valence-electron chi connectivity index (χ2n) is 7.59. The van der Waals surface area contributed by atoms with Crippen molar-refractivity contribution in [3.63, 3.8) is 0 Å². The number of pyridine rings is 1. The van der Waals surface area contributed by atoms with Gasteiger partial charge in [0.2, 0.25) is 0 Å². The van der Waals surface area contributed by atoms with Gasteiger partial charge in [0.05, 0.1) is 12.7 Å². The fourth-order valence-corrected chi connectivity index (χ4v) is 3.00. The molecular weight excluding hydrogens is 326 g/mol. The molecule has 2 unspecified atom stereocenters. The second-order valence-corrected chi connectivity index (χ2v) is 7.59. The fourth-order valence-electron chi connectivity index (χ4n) is 3.00. The molecule has 2 rings (SSSR count). The molecular formula is C20H35N5O. The maximum Gasteiger partial charge on any atom is 0.191 e. The molecule has 0 spiro atoms. The summed E-state index contributed by atoms with van der Waals surface area (Å²) in [4.78, 5) is 11.2. The second kappa shape index (κ2) is 10.4. The smallest absolute Gasteiger partial charge is 0.191 e. The molecule has 0 saturated carbocycles. The SMILES string of the molecule is CN=C(NCc1ccc(N2CCOC(C)C2)nc1)NC(C)CCC(C)C. The zero-order chi connectivity index (χ0) is 18.9. The maximum absolute atomic E-state index is 5.59. The molecule has 2 heterocycles. The third-order valence-corrected chi connectivity index (χ3v) is 4.62. The molecule has 0 aliphatic carbocycles. The summed E-state index contributed by atoms with van der Waals surface area (Å²) in [5.74, 6) is 2.59. The monoisotopic (exact) mass is 361 g/mol. The molecule has 1 aromatic rings. The molecule has 26 heavy (non-hydrogen) atoms. The van der Waals surface area contributed by atoms with E-state index in [1.54, 1.807) is 0 Å². The Labute approximate surface area is 158 Å². The van der Waals surface area contributed by atoms with Gasteiger partial charge in [0.25, 0.3) is 0 Å². The molecule has 1 saturated heterocycles. The van der Waals surface area contributed by atoms with Crippen molar-refractivity contribution in [3.8, 4) is 0 Å². The van der Waals surface area contributed by atoms with E-state index in [2.05, 4.69) is 65.3 Å². The minimum absolute atomic E-state index is 0.263. The molecule has 0 amide bonds. The lowest BCUT2D eigenvalue weighted by Gasteiger charge is -2.32. The van der Waals surface area contributed by atoms with Gasteiger partial charge in [0, 0.05) is 38.9 Å². The minimum Gasteiger partial charge on any atom is -0.375 e. The Morgan fingerprint density at radius 1 is 1.35 bits per heavy atom. The number of hydrogen-bond donors (Lipinski definition) is 2. The zero-order valence-electron chi connectivity index (χ0n) is 17.0. The Kier molecular flexibility index (Phi) is 8.16. The van der Waals surface area contributed by atoms with E-state index in [1.807, 2.05) is 13.2 Å². The van der Waals surface area contributed by atoms with Crippen molar-refractivity contribution in [2.45, 2.75) is 59.2 Å². The van der Waals surface area contributed by atoms with Gasteiger partial charge in [0.1, 0.15) is 5.82 Å². The third kappa shape index (κ3) is 6.83. The predicted octanol–water partition coefficient (Wildman–Crippen LogP) is 2.80. The number of nitrogens with one attached hydrogen (secondary N) is 2. The van der Waals surface area contributed by atoms with Crippen molar-refractivity contribution in [1.82, 2.24) is 15.6 Å². The molecule has 1 aliphatic heterocycles. The number of ether oxygens (including phenoxy) is 1. The number of hydrogen-bond acceptors (Lipinski definition) is 4. The van der Waals surface area contributed by atoms with Crippen LogP contribution in [0.1, 0.15) is 46.1 Å². The number of morpholine rings is 1. The summed E-state index contributed by atoms with van der Waals surface area (Å²) in [6, 6.07) is 4.63. The Bertz CT molecular complexity index is 558. The van der Waals surface area contributed by atoms with E-state index in [0.717, 1.165) is 49.4 Å². The van der Waals surface area contributed by atoms with Crippen molar-refractivity contribution < 1.29 is 4.74 Å². The number of aliphatic imine (C=N–C) groups is 1. The van der Waals surface area contributed by atoms with Crippen molar-refractivity contribution in [3.05, 3.63) is 23.9 Å². The highest BCUT2D eigenvalue weighted by Crippen LogP contribution is 2.15. The van der Waals surface area contributed by atoms with Crippen LogP contribution < -0.4 is 15.5 Å². The van der Waals surface area contributed by atoms with Gasteiger partial charge in [-0.1, -0.05) is 19.9 Å². The van der Waals surface area contributed by atoms with E-state index >= 15 is 0 Å². The minimum atomic E-state index is 0.263. The summed E-state index contributed by atoms with van der Waals surface area (Å²) in [7, 11) is 1.81. The van der Waals surface area contributed by atoms with Crippen LogP contribution in [0.4, 0.5) is 5.82 Å². The van der Waals surface area contributed by atoms with Crippen molar-refractivity contribution >= 4 is 11.8 Å². The molecule has 0 aromatic carbocycles. The molecule has 0 radical (unpaired) electrons. The first-order chi connectivity index (χ1) is 12.5. The van der Waals surface area contributed by atoms with E-state index in [-0.39, 0.29) is 6.10 Å². The molecule has 1 aromatic heterocycles. The number of nitrogens with zero attached hydrogens (tertiary/aromatic N) is 3. The summed E-state index contributed by atoms with van der Waals surface area (Å²) >= 11 is 0. The average Bonchev–Trinajstić information content (AvgIpc) is 2.64. The standard InChI is InChI=1S/C20H35N5O/c1-15(2)6-7-16(3)24-20(21-5)23-13-18-8-9-19(22-12-18)25-10-11-26-17(4)14-25/h8-9,12,15-17H,6-7,10-11,13-14H2,1-5H3,(H2,21,23,24). The average molecular weight is 362 g/mol. The number of aromatic nitrogens is 1. The Balaban J connectivity index is 1.80. The van der Waals surface area contributed by atoms with Crippen LogP contribution in [0.5, 0.6) is 0 Å². The lowest BCUT2D eigenvalue weighted by molar-refractivity contribution is 0.0529. The van der Waals surface area contributed by atoms with Crippen LogP contribution in [0.2, 0.25) is 0 Å². The first-order valence-electron chi connectivity index (χ1n) is 9.76. The van der Waals surface area contributed by atoms with E-state index in [9.17, 15) is 0 Å². The first kappa shape index (κ1) is 20.5. The summed E-state index contributed by atoms with van der Waals surface area (Å²) in [6.45, 7) is 12.1. The molecule has 6 nitrogen and oxygen atoms in total. The van der Waals surface area contributed by atoms with Crippen LogP contribution in [0.3, 0.4) is 0 Å². The van der Waals surface area contributed by atoms with Crippen LogP contribution >= 0.6 is 0 Å². The highest BCUT2D eigenvalue weighted by molar-refractivity contribution is 5.79. The molecule has 146 valence electrons. The Morgan fingerprint density at radius 2 is 2.15 bits per heavy atom. The van der Waals surface area contributed by atoms with Crippen molar-refractivity contribution in [2.75, 3.05) is 31.6 Å². The van der Waals surface area contributed by atoms with Crippen LogP contribution in [-0.4, -0.2) is 49.8 Å². The van der Waals surface area contributed by atoms with Gasteiger partial charge in [-0.05, 0) is 44.2 Å². The van der Waals surface area contributed by atoms with Crippen LogP contribution in [0, 0.1) is 5.92 Å². The van der Waals surface area contributed by atoms with E-state index in [1.165, 1.54) is 6.42 Å². The predicted molar refractivity (Wildman–Crippen MR) is 109 cm³/mol. The molecule has 1 fully saturated rings. The molecule has 0 bridgehead atoms. The number of rotatable bonds is 7. The summed E-state index contributed by atoms with van der Waals surface area (Å²) in [5, 5.41) is 6.83. The van der Waals surface area contributed by atoms with E-state index < -0.39 is 0 Å². The summed E-state index contributed by atoms with van der Waals surface area (Å²) < 4.78 is 5.59. The van der Waals surface area contributed by atoms with Gasteiger partial charge in [0.15, 0.2) is 5.96 Å². The van der Waals surface area contributed by atoms with Crippen LogP contribution in [-0.2, 0) is 11.3 Å². The largest absolute Gasteiger partial charge is 0.375 e. The number of guanidine groups is 1. The Hall–Kier alpha value is -1.82. The van der Waals surface area contributed by atoms with Crippen molar-refractivity contribution in [2.24, 2.45) is 10.9 Å². The van der Waals surface area contributed by atoms with Crippen molar-refractivity contribution in [1.29, 1.82) is 0 Å². The van der Waals surface area contributed by atoms with E-state index in [0.29, 0.717) is 12.6 Å². The maximum atomic E-state index is 5.59. The topological polar surface area (TPSA) is 61.8 Å². The quantitative estimate of drug-likeness (QED) is 0.578. The lowest BCUT2D eigenvalue weighted by Crippen LogP contribution is -2.42. The zero-order valence-corrected chi connectivity index (χ0v) is 17.0. The molecule has 1 aliphatic rings. The van der Waals surface area contributed by atoms with Gasteiger partial charge >= 0.3 is 0 Å². The van der Waals surface area contributed by atoms with Crippen LogP contribution in [0.25, 0.3) is 0 Å². The fraction of sp³-hybridized carbons (Fsp3) is 0.700. The van der Waals surface area contributed by atoms with Gasteiger partial charge in [-0.15, -0.1) is 0 Å². The summed E-state index contributed by atoms with van der Waals surface area (Å²) in [6.07, 6.45) is 4.57. The number of anilines is 1. The third-order valence-electron chi connectivity index (χ3n) is 4.62. The molecule has 6 heteroatoms. The first-order valence-corrected chi connectivity index (χ1v) is 9.76. The van der Waals surface area contributed by atoms with E-state index in [4.69, 9.17) is 4.74 Å². The molecule has 2 N–H and O–H groups in total. The Morgan fingerprint density at radius 3 is 2.77 bits per heavy atom. The molecule has 2 atom stereocenters.